The molecule has 6 heavy (non-hydrogen) atoms. The number of aliphatic hydroxyl groups is 1. The molecule has 1 heteroatoms. The quantitative estimate of drug-likeness (QED) is 0.479. The third-order valence-electron chi connectivity index (χ3n) is 0.415. The van der Waals surface area contributed by atoms with Crippen molar-refractivity contribution in [1.29, 1.82) is 0 Å². The SMILES string of the molecule is [CH2]C(C)C=CO. The van der Waals surface area contributed by atoms with E-state index in [2.05, 4.69) is 6.92 Å². The van der Waals surface area contributed by atoms with Gasteiger partial charge in [-0.15, -0.1) is 0 Å². The Morgan fingerprint density at radius 2 is 2.33 bits per heavy atom. The predicted octanol–water partition coefficient (Wildman–Crippen LogP) is 1.53. The zero-order chi connectivity index (χ0) is 4.99. The van der Waals surface area contributed by atoms with Crippen LogP contribution in [-0.2, 0) is 0 Å². The van der Waals surface area contributed by atoms with Crippen LogP contribution in [0.4, 0.5) is 0 Å². The zero-order valence-corrected chi connectivity index (χ0v) is 3.89. The van der Waals surface area contributed by atoms with Gasteiger partial charge in [-0.1, -0.05) is 6.92 Å². The topological polar surface area (TPSA) is 20.2 Å². The zero-order valence-electron chi connectivity index (χ0n) is 3.89. The van der Waals surface area contributed by atoms with Crippen LogP contribution in [0, 0.1) is 12.8 Å². The molecule has 0 saturated heterocycles. The summed E-state index contributed by atoms with van der Waals surface area (Å²) in [6.45, 7) is 5.48. The molecule has 35 valence electrons. The van der Waals surface area contributed by atoms with E-state index in [-0.39, 0.29) is 5.92 Å². The maximum absolute atomic E-state index is 8.02. The molecule has 0 aliphatic carbocycles. The van der Waals surface area contributed by atoms with E-state index in [9.17, 15) is 0 Å². The van der Waals surface area contributed by atoms with Crippen LogP contribution in [0.15, 0.2) is 12.3 Å². The van der Waals surface area contributed by atoms with Crippen LogP contribution in [0.2, 0.25) is 0 Å². The molecule has 0 saturated carbocycles. The summed E-state index contributed by atoms with van der Waals surface area (Å²) in [6, 6.07) is 0. The van der Waals surface area contributed by atoms with Crippen LogP contribution in [-0.4, -0.2) is 5.11 Å². The molecule has 0 rings (SSSR count). The molecule has 0 bridgehead atoms. The summed E-state index contributed by atoms with van der Waals surface area (Å²) in [4.78, 5) is 0. The van der Waals surface area contributed by atoms with Crippen molar-refractivity contribution in [2.75, 3.05) is 0 Å². The fourth-order valence-corrected chi connectivity index (χ4v) is 0.147. The Kier molecular flexibility index (Phi) is 2.55. The van der Waals surface area contributed by atoms with E-state index in [1.165, 1.54) is 0 Å². The molecule has 1 atom stereocenters. The monoisotopic (exact) mass is 85.1 g/mol. The molecule has 0 aliphatic heterocycles. The molecule has 0 heterocycles. The van der Waals surface area contributed by atoms with Crippen LogP contribution < -0.4 is 0 Å². The second kappa shape index (κ2) is 2.76. The van der Waals surface area contributed by atoms with E-state index >= 15 is 0 Å². The average Bonchev–Trinajstić information content (AvgIpc) is 1.35. The molecule has 1 N–H and O–H groups in total. The molecule has 0 aromatic carbocycles. The molecule has 0 amide bonds. The smallest absolute Gasteiger partial charge is 0.0754 e. The largest absolute Gasteiger partial charge is 0.516 e. The first kappa shape index (κ1) is 5.54. The summed E-state index contributed by atoms with van der Waals surface area (Å²) >= 11 is 0. The molecule has 0 fully saturated rings. The molecule has 0 aliphatic rings. The summed E-state index contributed by atoms with van der Waals surface area (Å²) in [5, 5.41) is 8.02. The predicted molar refractivity (Wildman–Crippen MR) is 26.3 cm³/mol. The Labute approximate surface area is 38.3 Å². The van der Waals surface area contributed by atoms with Gasteiger partial charge in [0.25, 0.3) is 0 Å². The highest BCUT2D eigenvalue weighted by atomic mass is 16.2. The number of hydrogen-bond donors (Lipinski definition) is 1. The molecule has 1 unspecified atom stereocenters. The summed E-state index contributed by atoms with van der Waals surface area (Å²) in [6.07, 6.45) is 2.62. The van der Waals surface area contributed by atoms with Crippen LogP contribution in [0.25, 0.3) is 0 Å². The van der Waals surface area contributed by atoms with E-state index in [4.69, 9.17) is 5.11 Å². The molecule has 1 radical (unpaired) electrons. The van der Waals surface area contributed by atoms with Crippen molar-refractivity contribution in [3.8, 4) is 0 Å². The second-order valence-corrected chi connectivity index (χ2v) is 1.32. The first-order chi connectivity index (χ1) is 2.77. The van der Waals surface area contributed by atoms with Gasteiger partial charge in [0.15, 0.2) is 0 Å². The fourth-order valence-electron chi connectivity index (χ4n) is 0.147. The minimum atomic E-state index is 0.218. The lowest BCUT2D eigenvalue weighted by Crippen LogP contribution is -1.75. The highest BCUT2D eigenvalue weighted by Crippen LogP contribution is 1.88. The normalized spacial score (nSPS) is 11.2. The van der Waals surface area contributed by atoms with Gasteiger partial charge in [0.2, 0.25) is 0 Å². The van der Waals surface area contributed by atoms with Gasteiger partial charge in [-0.2, -0.15) is 0 Å². The highest BCUT2D eigenvalue weighted by Gasteiger charge is 1.78. The molecular formula is C5H9O. The molecule has 0 aromatic rings. The van der Waals surface area contributed by atoms with Gasteiger partial charge in [-0.3, -0.25) is 0 Å². The van der Waals surface area contributed by atoms with E-state index in [1.54, 1.807) is 6.08 Å². The number of aliphatic hydroxyl groups excluding tert-OH is 1. The van der Waals surface area contributed by atoms with Gasteiger partial charge in [0.05, 0.1) is 6.26 Å². The second-order valence-electron chi connectivity index (χ2n) is 1.32. The molecule has 0 spiro atoms. The van der Waals surface area contributed by atoms with E-state index in [0.29, 0.717) is 0 Å². The van der Waals surface area contributed by atoms with Gasteiger partial charge >= 0.3 is 0 Å². The highest BCUT2D eigenvalue weighted by molar-refractivity contribution is 4.79. The van der Waals surface area contributed by atoms with Gasteiger partial charge in [0, 0.05) is 0 Å². The maximum atomic E-state index is 8.02. The number of hydrogen-bond acceptors (Lipinski definition) is 1. The summed E-state index contributed by atoms with van der Waals surface area (Å²) in [5.41, 5.74) is 0. The van der Waals surface area contributed by atoms with E-state index in [1.807, 2.05) is 6.92 Å². The lowest BCUT2D eigenvalue weighted by Gasteiger charge is -1.85. The summed E-state index contributed by atoms with van der Waals surface area (Å²) < 4.78 is 0. The molecule has 0 aromatic heterocycles. The lowest BCUT2D eigenvalue weighted by molar-refractivity contribution is 0.468. The van der Waals surface area contributed by atoms with Gasteiger partial charge in [0.1, 0.15) is 0 Å². The van der Waals surface area contributed by atoms with E-state index < -0.39 is 0 Å². The Bertz CT molecular complexity index is 45.9. The third-order valence-corrected chi connectivity index (χ3v) is 0.415. The van der Waals surface area contributed by atoms with Crippen molar-refractivity contribution >= 4 is 0 Å². The van der Waals surface area contributed by atoms with Crippen molar-refractivity contribution in [2.24, 2.45) is 5.92 Å². The minimum Gasteiger partial charge on any atom is -0.516 e. The lowest BCUT2D eigenvalue weighted by atomic mass is 10.2. The molecular weight excluding hydrogens is 76.1 g/mol. The van der Waals surface area contributed by atoms with Crippen LogP contribution in [0.5, 0.6) is 0 Å². The van der Waals surface area contributed by atoms with Crippen molar-refractivity contribution in [3.63, 3.8) is 0 Å². The number of allylic oxidation sites excluding steroid dienone is 1. The van der Waals surface area contributed by atoms with Gasteiger partial charge in [-0.05, 0) is 18.9 Å². The summed E-state index contributed by atoms with van der Waals surface area (Å²) in [7, 11) is 0. The van der Waals surface area contributed by atoms with Crippen molar-refractivity contribution < 1.29 is 5.11 Å². The fraction of sp³-hybridized carbons (Fsp3) is 0.400. The summed E-state index contributed by atoms with van der Waals surface area (Å²) in [5.74, 6) is 0.218. The molecule has 1 nitrogen and oxygen atoms in total. The Morgan fingerprint density at radius 3 is 2.33 bits per heavy atom. The third kappa shape index (κ3) is 3.54. The first-order valence-corrected chi connectivity index (χ1v) is 1.91. The van der Waals surface area contributed by atoms with Crippen LogP contribution in [0.3, 0.4) is 0 Å². The van der Waals surface area contributed by atoms with Crippen molar-refractivity contribution in [1.82, 2.24) is 0 Å². The van der Waals surface area contributed by atoms with Crippen molar-refractivity contribution in [2.45, 2.75) is 6.92 Å². The first-order valence-electron chi connectivity index (χ1n) is 1.91. The van der Waals surface area contributed by atoms with Crippen LogP contribution >= 0.6 is 0 Å². The van der Waals surface area contributed by atoms with E-state index in [0.717, 1.165) is 6.26 Å². The van der Waals surface area contributed by atoms with Crippen LogP contribution in [0.1, 0.15) is 6.92 Å². The van der Waals surface area contributed by atoms with Crippen molar-refractivity contribution in [3.05, 3.63) is 19.3 Å². The Balaban J connectivity index is 3.03. The maximum Gasteiger partial charge on any atom is 0.0754 e. The Morgan fingerprint density at radius 1 is 1.83 bits per heavy atom. The number of rotatable bonds is 1. The van der Waals surface area contributed by atoms with Gasteiger partial charge < -0.3 is 5.11 Å². The Hall–Kier alpha value is -0.460. The average molecular weight is 85.1 g/mol. The minimum absolute atomic E-state index is 0.218. The standard InChI is InChI=1S/C5H9O/c1-5(2)3-4-6/h3-6H,1H2,2H3. The van der Waals surface area contributed by atoms with Gasteiger partial charge in [-0.25, -0.2) is 0 Å².